The van der Waals surface area contributed by atoms with Gasteiger partial charge in [-0.05, 0) is 67.4 Å². The Morgan fingerprint density at radius 3 is 2.56 bits per heavy atom. The van der Waals surface area contributed by atoms with Crippen molar-refractivity contribution in [2.45, 2.75) is 25.4 Å². The fourth-order valence-electron chi connectivity index (χ4n) is 3.23. The van der Waals surface area contributed by atoms with Crippen LogP contribution in [-0.2, 0) is 12.6 Å². The van der Waals surface area contributed by atoms with Crippen LogP contribution in [0.15, 0.2) is 48.5 Å². The summed E-state index contributed by atoms with van der Waals surface area (Å²) in [5.74, 6) is 0. The third kappa shape index (κ3) is 5.35. The summed E-state index contributed by atoms with van der Waals surface area (Å²) in [5, 5.41) is 6.44. The second-order valence-corrected chi connectivity index (χ2v) is 6.94. The first-order valence-electron chi connectivity index (χ1n) is 8.98. The molecule has 3 nitrogen and oxygen atoms in total. The zero-order valence-corrected chi connectivity index (χ0v) is 15.7. The lowest BCUT2D eigenvalue weighted by Crippen LogP contribution is -2.34. The van der Waals surface area contributed by atoms with Crippen LogP contribution in [0.3, 0.4) is 0 Å². The quantitative estimate of drug-likeness (QED) is 0.562. The van der Waals surface area contributed by atoms with Gasteiger partial charge in [0.05, 0.1) is 5.56 Å². The van der Waals surface area contributed by atoms with Gasteiger partial charge in [-0.3, -0.25) is 0 Å². The lowest BCUT2D eigenvalue weighted by molar-refractivity contribution is -0.137. The minimum Gasteiger partial charge on any atom is -0.371 e. The number of thiocarbonyl (C=S) groups is 1. The summed E-state index contributed by atoms with van der Waals surface area (Å²) in [6.07, 6.45) is -1.11. The molecule has 144 valence electrons. The Bertz CT molecular complexity index is 775. The van der Waals surface area contributed by atoms with Gasteiger partial charge < -0.3 is 15.5 Å². The third-order valence-corrected chi connectivity index (χ3v) is 4.81. The molecule has 0 amide bonds. The van der Waals surface area contributed by atoms with E-state index in [1.54, 1.807) is 0 Å². The number of para-hydroxylation sites is 1. The highest BCUT2D eigenvalue weighted by atomic mass is 32.1. The molecule has 0 saturated carbocycles. The molecule has 2 N–H and O–H groups in total. The topological polar surface area (TPSA) is 27.3 Å². The van der Waals surface area contributed by atoms with E-state index in [-0.39, 0.29) is 0 Å². The molecule has 0 aliphatic carbocycles. The molecule has 0 fully saturated rings. The first-order valence-corrected chi connectivity index (χ1v) is 9.39. The molecule has 27 heavy (non-hydrogen) atoms. The van der Waals surface area contributed by atoms with Crippen LogP contribution >= 0.6 is 12.2 Å². The molecule has 0 spiro atoms. The van der Waals surface area contributed by atoms with Crippen molar-refractivity contribution >= 4 is 28.7 Å². The lowest BCUT2D eigenvalue weighted by atomic mass is 10.0. The highest BCUT2D eigenvalue weighted by Gasteiger charge is 2.29. The standard InChI is InChI=1S/C20H22F3N3S/c21-20(22,23)16-8-10-17(11-9-16)25-19(27)24-12-4-14-26-13-3-6-15-5-1-2-7-18(15)26/h1-2,5,7-11H,3-4,6,12-14H2,(H2,24,25,27). The predicted molar refractivity (Wildman–Crippen MR) is 107 cm³/mol. The lowest BCUT2D eigenvalue weighted by Gasteiger charge is -2.31. The van der Waals surface area contributed by atoms with Crippen molar-refractivity contribution in [2.75, 3.05) is 29.9 Å². The van der Waals surface area contributed by atoms with E-state index < -0.39 is 11.7 Å². The number of anilines is 2. The molecule has 0 unspecified atom stereocenters. The van der Waals surface area contributed by atoms with E-state index in [4.69, 9.17) is 12.2 Å². The van der Waals surface area contributed by atoms with Crippen molar-refractivity contribution < 1.29 is 13.2 Å². The van der Waals surface area contributed by atoms with Gasteiger partial charge in [0.2, 0.25) is 0 Å². The summed E-state index contributed by atoms with van der Waals surface area (Å²) >= 11 is 5.22. The Morgan fingerprint density at radius 2 is 1.81 bits per heavy atom. The third-order valence-electron chi connectivity index (χ3n) is 4.57. The van der Waals surface area contributed by atoms with Gasteiger partial charge in [0.15, 0.2) is 5.11 Å². The average Bonchev–Trinajstić information content (AvgIpc) is 2.65. The second kappa shape index (κ2) is 8.61. The number of hydrogen-bond acceptors (Lipinski definition) is 2. The van der Waals surface area contributed by atoms with Gasteiger partial charge in [-0.25, -0.2) is 0 Å². The number of halogens is 3. The van der Waals surface area contributed by atoms with E-state index in [1.807, 2.05) is 0 Å². The highest BCUT2D eigenvalue weighted by molar-refractivity contribution is 7.80. The Labute approximate surface area is 162 Å². The average molecular weight is 393 g/mol. The molecule has 3 rings (SSSR count). The number of rotatable bonds is 5. The Kier molecular flexibility index (Phi) is 6.21. The van der Waals surface area contributed by atoms with Gasteiger partial charge in [0.1, 0.15) is 0 Å². The molecule has 0 saturated heterocycles. The fourth-order valence-corrected chi connectivity index (χ4v) is 3.45. The van der Waals surface area contributed by atoms with Crippen molar-refractivity contribution in [3.05, 3.63) is 59.7 Å². The summed E-state index contributed by atoms with van der Waals surface area (Å²) < 4.78 is 37.7. The molecule has 1 aliphatic rings. The normalized spacial score (nSPS) is 13.8. The number of benzene rings is 2. The number of aryl methyl sites for hydroxylation is 1. The van der Waals surface area contributed by atoms with Gasteiger partial charge in [-0.15, -0.1) is 0 Å². The molecule has 7 heteroatoms. The first-order chi connectivity index (χ1) is 12.9. The maximum atomic E-state index is 12.6. The highest BCUT2D eigenvalue weighted by Crippen LogP contribution is 2.30. The van der Waals surface area contributed by atoms with Crippen LogP contribution < -0.4 is 15.5 Å². The summed E-state index contributed by atoms with van der Waals surface area (Å²) in [6.45, 7) is 2.70. The van der Waals surface area contributed by atoms with E-state index in [2.05, 4.69) is 39.8 Å². The largest absolute Gasteiger partial charge is 0.416 e. The Balaban J connectivity index is 1.42. The minimum absolute atomic E-state index is 0.411. The SMILES string of the molecule is FC(F)(F)c1ccc(NC(=S)NCCCN2CCCc3ccccc32)cc1. The maximum absolute atomic E-state index is 12.6. The van der Waals surface area contributed by atoms with Gasteiger partial charge >= 0.3 is 6.18 Å². The molecule has 2 aromatic rings. The summed E-state index contributed by atoms with van der Waals surface area (Å²) in [7, 11) is 0. The smallest absolute Gasteiger partial charge is 0.371 e. The molecule has 1 heterocycles. The zero-order valence-electron chi connectivity index (χ0n) is 14.9. The van der Waals surface area contributed by atoms with Crippen molar-refractivity contribution in [1.82, 2.24) is 5.32 Å². The first kappa shape index (κ1) is 19.5. The predicted octanol–water partition coefficient (Wildman–Crippen LogP) is 4.83. The van der Waals surface area contributed by atoms with Gasteiger partial charge in [-0.2, -0.15) is 13.2 Å². The molecule has 1 aliphatic heterocycles. The molecule has 0 bridgehead atoms. The van der Waals surface area contributed by atoms with Crippen LogP contribution in [0.1, 0.15) is 24.0 Å². The molecule has 0 radical (unpaired) electrons. The van der Waals surface area contributed by atoms with E-state index >= 15 is 0 Å². The molecule has 0 aromatic heterocycles. The van der Waals surface area contributed by atoms with Crippen molar-refractivity contribution in [1.29, 1.82) is 0 Å². The number of hydrogen-bond donors (Lipinski definition) is 2. The van der Waals surface area contributed by atoms with E-state index in [0.717, 1.165) is 38.1 Å². The van der Waals surface area contributed by atoms with Crippen LogP contribution in [0, 0.1) is 0 Å². The van der Waals surface area contributed by atoms with Crippen molar-refractivity contribution in [3.63, 3.8) is 0 Å². The van der Waals surface area contributed by atoms with E-state index in [1.165, 1.54) is 29.8 Å². The maximum Gasteiger partial charge on any atom is 0.416 e. The fraction of sp³-hybridized carbons (Fsp3) is 0.350. The Morgan fingerprint density at radius 1 is 1.07 bits per heavy atom. The molecular formula is C20H22F3N3S. The van der Waals surface area contributed by atoms with Crippen LogP contribution in [0.25, 0.3) is 0 Å². The molecule has 2 aromatic carbocycles. The summed E-state index contributed by atoms with van der Waals surface area (Å²) in [6, 6.07) is 13.3. The van der Waals surface area contributed by atoms with Crippen LogP contribution in [0.4, 0.5) is 24.5 Å². The van der Waals surface area contributed by atoms with E-state index in [9.17, 15) is 13.2 Å². The van der Waals surface area contributed by atoms with Crippen LogP contribution in [0.2, 0.25) is 0 Å². The molecular weight excluding hydrogens is 371 g/mol. The molecule has 0 atom stereocenters. The van der Waals surface area contributed by atoms with Crippen molar-refractivity contribution in [2.24, 2.45) is 0 Å². The van der Waals surface area contributed by atoms with Gasteiger partial charge in [0.25, 0.3) is 0 Å². The number of nitrogens with one attached hydrogen (secondary N) is 2. The van der Waals surface area contributed by atoms with Gasteiger partial charge in [0, 0.05) is 31.0 Å². The minimum atomic E-state index is -4.33. The summed E-state index contributed by atoms with van der Waals surface area (Å²) in [5.41, 5.74) is 2.57. The van der Waals surface area contributed by atoms with Gasteiger partial charge in [-0.1, -0.05) is 18.2 Å². The van der Waals surface area contributed by atoms with Crippen LogP contribution in [0.5, 0.6) is 0 Å². The monoisotopic (exact) mass is 393 g/mol. The van der Waals surface area contributed by atoms with Crippen LogP contribution in [-0.4, -0.2) is 24.7 Å². The van der Waals surface area contributed by atoms with E-state index in [0.29, 0.717) is 17.3 Å². The van der Waals surface area contributed by atoms with Crippen molar-refractivity contribution in [3.8, 4) is 0 Å². The second-order valence-electron chi connectivity index (χ2n) is 6.53. The number of fused-ring (bicyclic) bond motifs is 1. The zero-order chi connectivity index (χ0) is 19.3. The number of nitrogens with zero attached hydrogens (tertiary/aromatic N) is 1. The Hall–Kier alpha value is -2.28. The number of alkyl halides is 3. The summed E-state index contributed by atoms with van der Waals surface area (Å²) in [4.78, 5) is 2.40.